The van der Waals surface area contributed by atoms with Crippen molar-refractivity contribution in [2.45, 2.75) is 12.1 Å². The summed E-state index contributed by atoms with van der Waals surface area (Å²) >= 11 is 0. The van der Waals surface area contributed by atoms with E-state index in [0.29, 0.717) is 0 Å². The topological polar surface area (TPSA) is 37.7 Å². The number of aromatic nitrogens is 1. The van der Waals surface area contributed by atoms with Crippen LogP contribution in [-0.2, 0) is 4.74 Å². The number of rotatable bonds is 1. The molecule has 84 valence electrons. The smallest absolute Gasteiger partial charge is 0.134 e. The van der Waals surface area contributed by atoms with Crippen molar-refractivity contribution in [2.24, 2.45) is 4.99 Å². The van der Waals surface area contributed by atoms with E-state index in [0.717, 1.165) is 11.5 Å². The molecule has 4 nitrogen and oxygen atoms in total. The van der Waals surface area contributed by atoms with Crippen LogP contribution in [0.5, 0.6) is 0 Å². The Morgan fingerprint density at radius 2 is 2.35 bits per heavy atom. The minimum atomic E-state index is 0.0698. The van der Waals surface area contributed by atoms with Crippen LogP contribution in [0.15, 0.2) is 29.2 Å². The van der Waals surface area contributed by atoms with Gasteiger partial charge in [0.25, 0.3) is 0 Å². The standard InChI is InChI=1S/C13H11N3O/c1-17-10-6-8-2-4-14-9-3-5-16-7-15-12(10)13(16)11(8)9/h2-7,12-13H,1H3. The number of hydrogen-bond donors (Lipinski definition) is 0. The monoisotopic (exact) mass is 225 g/mol. The van der Waals surface area contributed by atoms with E-state index in [1.807, 2.05) is 30.9 Å². The Morgan fingerprint density at radius 1 is 1.41 bits per heavy atom. The van der Waals surface area contributed by atoms with Gasteiger partial charge in [-0.05, 0) is 23.8 Å². The molecule has 3 aliphatic rings. The lowest BCUT2D eigenvalue weighted by atomic mass is 9.86. The summed E-state index contributed by atoms with van der Waals surface area (Å²) in [5, 5.41) is 0. The highest BCUT2D eigenvalue weighted by molar-refractivity contribution is 5.75. The summed E-state index contributed by atoms with van der Waals surface area (Å²) in [5.74, 6) is 0.925. The van der Waals surface area contributed by atoms with Gasteiger partial charge in [-0.25, -0.2) is 0 Å². The van der Waals surface area contributed by atoms with E-state index in [2.05, 4.69) is 21.0 Å². The predicted octanol–water partition coefficient (Wildman–Crippen LogP) is 1.82. The van der Waals surface area contributed by atoms with Crippen molar-refractivity contribution < 1.29 is 4.74 Å². The van der Waals surface area contributed by atoms with E-state index in [1.54, 1.807) is 7.11 Å². The molecule has 0 saturated carbocycles. The molecular weight excluding hydrogens is 214 g/mol. The Kier molecular flexibility index (Phi) is 1.57. The average molecular weight is 225 g/mol. The maximum atomic E-state index is 5.45. The second kappa shape index (κ2) is 2.97. The first-order valence-corrected chi connectivity index (χ1v) is 5.62. The molecule has 1 aliphatic carbocycles. The molecule has 0 bridgehead atoms. The fraction of sp³-hybridized carbons (Fsp3) is 0.231. The first-order valence-electron chi connectivity index (χ1n) is 5.62. The molecule has 2 atom stereocenters. The third-order valence-corrected chi connectivity index (χ3v) is 3.56. The number of methoxy groups -OCH3 is 1. The van der Waals surface area contributed by atoms with Gasteiger partial charge in [0, 0.05) is 18.0 Å². The number of aliphatic imine (C=N–C) groups is 1. The Bertz CT molecular complexity index is 588. The van der Waals surface area contributed by atoms with Crippen LogP contribution in [0.3, 0.4) is 0 Å². The summed E-state index contributed by atoms with van der Waals surface area (Å²) < 4.78 is 5.45. The number of hydrogen-bond acceptors (Lipinski definition) is 4. The Labute approximate surface area is 98.9 Å². The van der Waals surface area contributed by atoms with Crippen molar-refractivity contribution in [3.05, 3.63) is 41.0 Å². The molecule has 4 heteroatoms. The molecule has 3 heterocycles. The minimum absolute atomic E-state index is 0.0698. The van der Waals surface area contributed by atoms with Crippen LogP contribution in [0.4, 0.5) is 0 Å². The van der Waals surface area contributed by atoms with Crippen LogP contribution in [0.25, 0.3) is 12.2 Å². The maximum absolute atomic E-state index is 5.45. The van der Waals surface area contributed by atoms with Crippen LogP contribution in [0.2, 0.25) is 0 Å². The molecule has 0 fully saturated rings. The number of pyridine rings is 1. The van der Waals surface area contributed by atoms with Crippen molar-refractivity contribution in [1.82, 2.24) is 9.88 Å². The molecule has 4 rings (SSSR count). The zero-order valence-corrected chi connectivity index (χ0v) is 9.37. The van der Waals surface area contributed by atoms with E-state index in [9.17, 15) is 0 Å². The molecule has 1 aromatic rings. The summed E-state index contributed by atoms with van der Waals surface area (Å²) in [6.07, 6.45) is 9.86. The van der Waals surface area contributed by atoms with Crippen LogP contribution in [-0.4, -0.2) is 29.4 Å². The molecule has 0 radical (unpaired) electrons. The molecule has 17 heavy (non-hydrogen) atoms. The third kappa shape index (κ3) is 1.02. The quantitative estimate of drug-likeness (QED) is 0.731. The van der Waals surface area contributed by atoms with Crippen LogP contribution in [0, 0.1) is 0 Å². The fourth-order valence-corrected chi connectivity index (χ4v) is 2.79. The zero-order chi connectivity index (χ0) is 11.4. The summed E-state index contributed by atoms with van der Waals surface area (Å²) in [6, 6.07) is 2.32. The summed E-state index contributed by atoms with van der Waals surface area (Å²) in [6.45, 7) is 0. The zero-order valence-electron chi connectivity index (χ0n) is 9.37. The van der Waals surface area contributed by atoms with Gasteiger partial charge in [-0.3, -0.25) is 9.98 Å². The second-order valence-electron chi connectivity index (χ2n) is 4.37. The highest BCUT2D eigenvalue weighted by Gasteiger charge is 2.41. The number of ether oxygens (including phenoxy) is 1. The summed E-state index contributed by atoms with van der Waals surface area (Å²) in [4.78, 5) is 11.1. The molecule has 0 saturated heterocycles. The molecule has 0 spiro atoms. The summed E-state index contributed by atoms with van der Waals surface area (Å²) in [5.41, 5.74) is 3.50. The molecule has 2 unspecified atom stereocenters. The summed E-state index contributed by atoms with van der Waals surface area (Å²) in [7, 11) is 1.70. The van der Waals surface area contributed by atoms with Crippen molar-refractivity contribution in [3.8, 4) is 0 Å². The SMILES string of the molecule is COC1=Cc2ccnc3c2C2C1N=CN2C=C3. The fourth-order valence-electron chi connectivity index (χ4n) is 2.79. The van der Waals surface area contributed by atoms with Gasteiger partial charge in [0.1, 0.15) is 11.8 Å². The van der Waals surface area contributed by atoms with Gasteiger partial charge in [-0.15, -0.1) is 0 Å². The molecular formula is C13H11N3O. The van der Waals surface area contributed by atoms with Crippen LogP contribution < -0.4 is 0 Å². The minimum Gasteiger partial charge on any atom is -0.499 e. The highest BCUT2D eigenvalue weighted by atomic mass is 16.5. The lowest BCUT2D eigenvalue weighted by Crippen LogP contribution is -2.32. The van der Waals surface area contributed by atoms with Crippen LogP contribution >= 0.6 is 0 Å². The largest absolute Gasteiger partial charge is 0.499 e. The average Bonchev–Trinajstić information content (AvgIpc) is 2.81. The maximum Gasteiger partial charge on any atom is 0.134 e. The van der Waals surface area contributed by atoms with Crippen molar-refractivity contribution in [1.29, 1.82) is 0 Å². The highest BCUT2D eigenvalue weighted by Crippen LogP contribution is 2.44. The van der Waals surface area contributed by atoms with Gasteiger partial charge < -0.3 is 9.64 Å². The van der Waals surface area contributed by atoms with Gasteiger partial charge >= 0.3 is 0 Å². The Morgan fingerprint density at radius 3 is 3.24 bits per heavy atom. The third-order valence-electron chi connectivity index (χ3n) is 3.56. The Hall–Kier alpha value is -2.10. The van der Waals surface area contributed by atoms with Gasteiger partial charge in [0.15, 0.2) is 0 Å². The molecule has 0 aromatic carbocycles. The number of nitrogens with zero attached hydrogens (tertiary/aromatic N) is 3. The van der Waals surface area contributed by atoms with Crippen molar-refractivity contribution in [3.63, 3.8) is 0 Å². The van der Waals surface area contributed by atoms with Crippen molar-refractivity contribution >= 4 is 18.5 Å². The van der Waals surface area contributed by atoms with Crippen LogP contribution in [0.1, 0.15) is 22.9 Å². The predicted molar refractivity (Wildman–Crippen MR) is 65.1 cm³/mol. The first-order chi connectivity index (χ1) is 8.38. The first kappa shape index (κ1) is 8.98. The van der Waals surface area contributed by atoms with Gasteiger partial charge in [-0.1, -0.05) is 0 Å². The van der Waals surface area contributed by atoms with Gasteiger partial charge in [0.05, 0.1) is 25.2 Å². The van der Waals surface area contributed by atoms with Gasteiger partial charge in [-0.2, -0.15) is 0 Å². The van der Waals surface area contributed by atoms with E-state index >= 15 is 0 Å². The van der Waals surface area contributed by atoms with E-state index in [-0.39, 0.29) is 12.1 Å². The molecule has 0 N–H and O–H groups in total. The van der Waals surface area contributed by atoms with E-state index < -0.39 is 0 Å². The van der Waals surface area contributed by atoms with E-state index in [4.69, 9.17) is 4.74 Å². The van der Waals surface area contributed by atoms with Gasteiger partial charge in [0.2, 0.25) is 0 Å². The Balaban J connectivity index is 2.03. The van der Waals surface area contributed by atoms with E-state index in [1.165, 1.54) is 11.1 Å². The molecule has 2 aliphatic heterocycles. The molecule has 1 aromatic heterocycles. The lowest BCUT2D eigenvalue weighted by molar-refractivity contribution is 0.242. The van der Waals surface area contributed by atoms with Crippen molar-refractivity contribution in [2.75, 3.05) is 7.11 Å². The molecule has 0 amide bonds. The normalized spacial score (nSPS) is 26.9. The lowest BCUT2D eigenvalue weighted by Gasteiger charge is -2.34. The second-order valence-corrected chi connectivity index (χ2v) is 4.37.